The van der Waals surface area contributed by atoms with Crippen LogP contribution < -0.4 is 15.1 Å². The molecule has 2 aromatic carbocycles. The van der Waals surface area contributed by atoms with Crippen LogP contribution in [0.25, 0.3) is 10.1 Å². The zero-order chi connectivity index (χ0) is 24.4. The van der Waals surface area contributed by atoms with Gasteiger partial charge < -0.3 is 9.79 Å². The van der Waals surface area contributed by atoms with E-state index in [2.05, 4.69) is 16.2 Å². The SMILES string of the molecule is CN(C)c1ccc2cc(S(=O)(=O)NCP(=O)(O)ONc3ccc(C#N)c(F)c3)sc2c1C#N. The van der Waals surface area contributed by atoms with Crippen LogP contribution in [0.3, 0.4) is 0 Å². The number of fused-ring (bicyclic) bond motifs is 1. The van der Waals surface area contributed by atoms with Gasteiger partial charge in [0.25, 0.3) is 10.0 Å². The van der Waals surface area contributed by atoms with Gasteiger partial charge in [-0.15, -0.1) is 11.3 Å². The van der Waals surface area contributed by atoms with E-state index >= 15 is 0 Å². The van der Waals surface area contributed by atoms with Gasteiger partial charge in [0.2, 0.25) is 0 Å². The van der Waals surface area contributed by atoms with Crippen LogP contribution in [0, 0.1) is 28.5 Å². The molecule has 0 aliphatic carbocycles. The van der Waals surface area contributed by atoms with Crippen molar-refractivity contribution >= 4 is 50.4 Å². The van der Waals surface area contributed by atoms with Gasteiger partial charge in [-0.05, 0) is 29.7 Å². The molecule has 0 fully saturated rings. The van der Waals surface area contributed by atoms with Crippen LogP contribution in [-0.2, 0) is 19.2 Å². The number of halogens is 1. The van der Waals surface area contributed by atoms with E-state index in [0.29, 0.717) is 21.3 Å². The number of nitriles is 2. The molecule has 172 valence electrons. The molecule has 1 aromatic heterocycles. The molecule has 0 saturated carbocycles. The molecular weight excluding hydrogens is 492 g/mol. The number of nitrogens with zero attached hydrogens (tertiary/aromatic N) is 3. The van der Waals surface area contributed by atoms with Crippen molar-refractivity contribution in [3.8, 4) is 12.1 Å². The van der Waals surface area contributed by atoms with Crippen molar-refractivity contribution in [1.29, 1.82) is 10.5 Å². The molecule has 0 saturated heterocycles. The highest BCUT2D eigenvalue weighted by Crippen LogP contribution is 2.41. The van der Waals surface area contributed by atoms with Crippen molar-refractivity contribution in [3.63, 3.8) is 0 Å². The summed E-state index contributed by atoms with van der Waals surface area (Å²) in [7, 11) is -5.21. The van der Waals surface area contributed by atoms with E-state index in [9.17, 15) is 27.5 Å². The number of anilines is 2. The van der Waals surface area contributed by atoms with E-state index < -0.39 is 29.7 Å². The second-order valence-corrected chi connectivity index (χ2v) is 11.7. The highest BCUT2D eigenvalue weighted by Gasteiger charge is 2.27. The van der Waals surface area contributed by atoms with Crippen LogP contribution >= 0.6 is 18.9 Å². The minimum absolute atomic E-state index is 0.0473. The van der Waals surface area contributed by atoms with Crippen molar-refractivity contribution in [1.82, 2.24) is 4.72 Å². The van der Waals surface area contributed by atoms with Crippen molar-refractivity contribution in [2.24, 2.45) is 0 Å². The van der Waals surface area contributed by atoms with Gasteiger partial charge in [0.1, 0.15) is 28.5 Å². The van der Waals surface area contributed by atoms with Crippen molar-refractivity contribution in [2.75, 3.05) is 30.8 Å². The van der Waals surface area contributed by atoms with Gasteiger partial charge in [-0.2, -0.15) is 19.9 Å². The maximum atomic E-state index is 13.6. The van der Waals surface area contributed by atoms with E-state index in [4.69, 9.17) is 5.26 Å². The molecule has 0 radical (unpaired) electrons. The van der Waals surface area contributed by atoms with Crippen molar-refractivity contribution in [3.05, 3.63) is 53.3 Å². The van der Waals surface area contributed by atoms with Gasteiger partial charge in [0, 0.05) is 20.2 Å². The Balaban J connectivity index is 1.74. The molecule has 0 amide bonds. The van der Waals surface area contributed by atoms with Gasteiger partial charge in [-0.25, -0.2) is 12.8 Å². The average molecular weight is 509 g/mol. The Hall–Kier alpha value is -3.03. The van der Waals surface area contributed by atoms with Gasteiger partial charge >= 0.3 is 7.60 Å². The molecule has 0 aliphatic heterocycles. The predicted molar refractivity (Wildman–Crippen MR) is 122 cm³/mol. The lowest BCUT2D eigenvalue weighted by molar-refractivity contribution is 0.310. The van der Waals surface area contributed by atoms with Crippen LogP contribution in [0.1, 0.15) is 11.1 Å². The predicted octanol–water partition coefficient (Wildman–Crippen LogP) is 3.31. The molecule has 0 bridgehead atoms. The molecule has 3 rings (SSSR count). The van der Waals surface area contributed by atoms with Crippen LogP contribution in [0.2, 0.25) is 0 Å². The monoisotopic (exact) mass is 509 g/mol. The van der Waals surface area contributed by atoms with Crippen molar-refractivity contribution in [2.45, 2.75) is 4.21 Å². The largest absolute Gasteiger partial charge is 0.377 e. The first-order chi connectivity index (χ1) is 15.5. The molecule has 3 N–H and O–H groups in total. The zero-order valence-electron chi connectivity index (χ0n) is 17.2. The molecule has 0 aliphatic rings. The number of rotatable bonds is 8. The van der Waals surface area contributed by atoms with Gasteiger partial charge in [0.05, 0.1) is 27.2 Å². The molecule has 3 aromatic rings. The third-order valence-corrected chi connectivity index (χ3v) is 8.54. The average Bonchev–Trinajstić information content (AvgIpc) is 3.21. The normalized spacial score (nSPS) is 13.2. The van der Waals surface area contributed by atoms with Crippen LogP contribution in [0.5, 0.6) is 0 Å². The summed E-state index contributed by atoms with van der Waals surface area (Å²) in [4.78, 5) is 11.7. The molecule has 33 heavy (non-hydrogen) atoms. The summed E-state index contributed by atoms with van der Waals surface area (Å²) in [6, 6.07) is 11.7. The fraction of sp³-hybridized carbons (Fsp3) is 0.158. The molecular formula is C19H17FN5O5PS2. The molecule has 10 nitrogen and oxygen atoms in total. The Morgan fingerprint density at radius 3 is 2.55 bits per heavy atom. The van der Waals surface area contributed by atoms with E-state index in [1.54, 1.807) is 37.2 Å². The smallest absolute Gasteiger partial charge is 0.363 e. The third-order valence-electron chi connectivity index (χ3n) is 4.35. The number of benzene rings is 2. The Kier molecular flexibility index (Phi) is 7.05. The Morgan fingerprint density at radius 1 is 1.21 bits per heavy atom. The summed E-state index contributed by atoms with van der Waals surface area (Å²) in [6.45, 7) is 0. The molecule has 1 heterocycles. The Morgan fingerprint density at radius 2 is 1.94 bits per heavy atom. The molecule has 14 heteroatoms. The summed E-state index contributed by atoms with van der Waals surface area (Å²) in [6.07, 6.45) is -0.969. The summed E-state index contributed by atoms with van der Waals surface area (Å²) in [5, 5.41) is 18.8. The first-order valence-corrected chi connectivity index (χ1v) is 13.1. The van der Waals surface area contributed by atoms with Gasteiger partial charge in [0.15, 0.2) is 0 Å². The topological polar surface area (TPSA) is 156 Å². The lowest BCUT2D eigenvalue weighted by atomic mass is 10.1. The highest BCUT2D eigenvalue weighted by molar-refractivity contribution is 7.92. The summed E-state index contributed by atoms with van der Waals surface area (Å²) < 4.78 is 58.2. The van der Waals surface area contributed by atoms with E-state index in [0.717, 1.165) is 23.5 Å². The zero-order valence-corrected chi connectivity index (χ0v) is 19.8. The summed E-state index contributed by atoms with van der Waals surface area (Å²) in [5.41, 5.74) is 2.75. The quantitative estimate of drug-likeness (QED) is 0.306. The minimum atomic E-state index is -4.52. The maximum Gasteiger partial charge on any atom is 0.363 e. The second kappa shape index (κ2) is 9.45. The summed E-state index contributed by atoms with van der Waals surface area (Å²) in [5.74, 6) is -0.863. The molecule has 1 atom stereocenters. The number of hydrogen-bond donors (Lipinski definition) is 3. The standard InChI is InChI=1S/C19H17FN5O5PS2/c1-25(2)17-6-4-12-7-18(32-19(12)15(17)10-22)33(28,29)23-11-31(26,27)30-24-14-5-3-13(9-21)16(20)8-14/h3-8,23-24H,11H2,1-2H3,(H,26,27). The van der Waals surface area contributed by atoms with Crippen LogP contribution in [0.4, 0.5) is 15.8 Å². The Bertz CT molecular complexity index is 1460. The van der Waals surface area contributed by atoms with Crippen LogP contribution in [0.15, 0.2) is 40.6 Å². The first kappa shape index (κ1) is 24.6. The number of hydrogen-bond acceptors (Lipinski definition) is 9. The molecule has 1 unspecified atom stereocenters. The fourth-order valence-corrected chi connectivity index (χ4v) is 6.56. The molecule has 0 spiro atoms. The number of thiophene rings is 1. The lowest BCUT2D eigenvalue weighted by Crippen LogP contribution is -2.25. The maximum absolute atomic E-state index is 13.6. The first-order valence-electron chi connectivity index (χ1n) is 9.07. The van der Waals surface area contributed by atoms with Crippen molar-refractivity contribution < 1.29 is 26.9 Å². The highest BCUT2D eigenvalue weighted by atomic mass is 32.2. The second-order valence-electron chi connectivity index (χ2n) is 6.89. The number of nitrogens with one attached hydrogen (secondary N) is 2. The van der Waals surface area contributed by atoms with E-state index in [-0.39, 0.29) is 15.5 Å². The summed E-state index contributed by atoms with van der Waals surface area (Å²) >= 11 is 0.857. The third kappa shape index (κ3) is 5.49. The lowest BCUT2D eigenvalue weighted by Gasteiger charge is -2.14. The van der Waals surface area contributed by atoms with E-state index in [1.165, 1.54) is 12.1 Å². The number of sulfonamides is 1. The van der Waals surface area contributed by atoms with Gasteiger partial charge in [-0.3, -0.25) is 10.0 Å². The van der Waals surface area contributed by atoms with E-state index in [1.807, 2.05) is 4.72 Å². The minimum Gasteiger partial charge on any atom is -0.377 e. The fourth-order valence-electron chi connectivity index (χ4n) is 2.75. The Labute approximate surface area is 193 Å². The van der Waals surface area contributed by atoms with Gasteiger partial charge in [-0.1, -0.05) is 6.07 Å². The van der Waals surface area contributed by atoms with Crippen LogP contribution in [-0.4, -0.2) is 33.7 Å².